The third-order valence-corrected chi connectivity index (χ3v) is 5.13. The summed E-state index contributed by atoms with van der Waals surface area (Å²) in [6, 6.07) is 5.41. The first-order valence-corrected chi connectivity index (χ1v) is 11.2. The number of hydroxylamine groups is 2. The lowest BCUT2D eigenvalue weighted by Crippen LogP contribution is -2.35. The molecule has 2 heterocycles. The van der Waals surface area contributed by atoms with Gasteiger partial charge in [0.15, 0.2) is 0 Å². The molecule has 0 unspecified atom stereocenters. The average Bonchev–Trinajstić information content (AvgIpc) is 3.10. The van der Waals surface area contributed by atoms with Crippen LogP contribution < -0.4 is 16.0 Å². The Kier molecular flexibility index (Phi) is 10.8. The van der Waals surface area contributed by atoms with Crippen LogP contribution in [0.3, 0.4) is 0 Å². The molecule has 1 aromatic rings. The molecule has 0 aliphatic carbocycles. The molecule has 178 valence electrons. The summed E-state index contributed by atoms with van der Waals surface area (Å²) in [6.45, 7) is 0.226. The van der Waals surface area contributed by atoms with Crippen LogP contribution in [0, 0.1) is 0 Å². The van der Waals surface area contributed by atoms with Crippen LogP contribution in [0.2, 0.25) is 0 Å². The number of carbonyl (C=O) groups is 6. The van der Waals surface area contributed by atoms with Crippen LogP contribution in [0.25, 0.3) is 0 Å². The van der Waals surface area contributed by atoms with Crippen LogP contribution in [0.15, 0.2) is 29.4 Å². The number of thioether (sulfide) groups is 1. The smallest absolute Gasteiger partial charge is 0.334 e. The highest BCUT2D eigenvalue weighted by Gasteiger charge is 2.32. The monoisotopic (exact) mass is 479 g/mol. The van der Waals surface area contributed by atoms with Gasteiger partial charge in [0, 0.05) is 51.5 Å². The number of imide groups is 1. The zero-order valence-corrected chi connectivity index (χ0v) is 18.7. The maximum absolute atomic E-state index is 11.8. The molecule has 33 heavy (non-hydrogen) atoms. The molecule has 0 atom stereocenters. The number of rotatable bonds is 13. The zero-order chi connectivity index (χ0) is 24.1. The predicted molar refractivity (Wildman–Crippen MR) is 115 cm³/mol. The van der Waals surface area contributed by atoms with Crippen molar-refractivity contribution in [3.05, 3.63) is 24.4 Å². The minimum Gasteiger partial charge on any atom is -0.356 e. The van der Waals surface area contributed by atoms with Crippen molar-refractivity contribution in [3.63, 3.8) is 0 Å². The van der Waals surface area contributed by atoms with Gasteiger partial charge >= 0.3 is 5.97 Å². The van der Waals surface area contributed by atoms with Gasteiger partial charge in [0.25, 0.3) is 11.8 Å². The van der Waals surface area contributed by atoms with Crippen LogP contribution in [0.1, 0.15) is 32.1 Å². The molecule has 12 nitrogen and oxygen atoms in total. The van der Waals surface area contributed by atoms with Gasteiger partial charge in [-0.2, -0.15) is 0 Å². The Morgan fingerprint density at radius 1 is 0.879 bits per heavy atom. The Balaban J connectivity index is 1.47. The highest BCUT2D eigenvalue weighted by atomic mass is 32.2. The molecule has 0 bridgehead atoms. The minimum atomic E-state index is -0.812. The Morgan fingerprint density at radius 3 is 2.03 bits per heavy atom. The standard InChI is InChI=1S/C20H25N5O7S/c26-14(7-11-23-16(28)13-33-17-3-1-2-9-24-17)21-10-6-15(27)22-12-8-20(31)32-25-18(29)4-5-19(25)30/h1-3,9H,4-8,10-13H2,(H,21,26)(H,22,27)(H,23,28). The van der Waals surface area contributed by atoms with Crippen molar-refractivity contribution in [2.24, 2.45) is 0 Å². The van der Waals surface area contributed by atoms with Crippen molar-refractivity contribution in [2.75, 3.05) is 25.4 Å². The first-order valence-electron chi connectivity index (χ1n) is 10.3. The molecule has 1 aliphatic heterocycles. The van der Waals surface area contributed by atoms with Crippen molar-refractivity contribution in [1.29, 1.82) is 0 Å². The van der Waals surface area contributed by atoms with Gasteiger partial charge in [0.2, 0.25) is 17.7 Å². The van der Waals surface area contributed by atoms with E-state index in [-0.39, 0.29) is 69.3 Å². The van der Waals surface area contributed by atoms with Gasteiger partial charge in [0.1, 0.15) is 0 Å². The highest BCUT2D eigenvalue weighted by Crippen LogP contribution is 2.13. The largest absolute Gasteiger partial charge is 0.356 e. The van der Waals surface area contributed by atoms with Crippen molar-refractivity contribution < 1.29 is 33.6 Å². The predicted octanol–water partition coefficient (Wildman–Crippen LogP) is -0.700. The lowest BCUT2D eigenvalue weighted by Gasteiger charge is -2.12. The molecular formula is C20H25N5O7S. The minimum absolute atomic E-state index is 0.00302. The molecule has 0 radical (unpaired) electrons. The number of carbonyl (C=O) groups excluding carboxylic acids is 6. The van der Waals surface area contributed by atoms with Crippen LogP contribution in [-0.2, 0) is 33.6 Å². The Labute approximate surface area is 194 Å². The summed E-state index contributed by atoms with van der Waals surface area (Å²) in [5.74, 6) is -2.69. The van der Waals surface area contributed by atoms with Gasteiger partial charge in [0.05, 0.1) is 17.2 Å². The van der Waals surface area contributed by atoms with E-state index in [1.165, 1.54) is 11.8 Å². The lowest BCUT2D eigenvalue weighted by atomic mass is 10.3. The van der Waals surface area contributed by atoms with Gasteiger partial charge in [-0.1, -0.05) is 17.8 Å². The number of amides is 5. The number of nitrogens with zero attached hydrogens (tertiary/aromatic N) is 2. The summed E-state index contributed by atoms with van der Waals surface area (Å²) in [7, 11) is 0. The number of nitrogens with one attached hydrogen (secondary N) is 3. The molecule has 3 N–H and O–H groups in total. The van der Waals surface area contributed by atoms with Crippen molar-refractivity contribution in [3.8, 4) is 0 Å². The second-order valence-corrected chi connectivity index (χ2v) is 7.80. The molecule has 1 saturated heterocycles. The number of hydrogen-bond donors (Lipinski definition) is 3. The molecule has 0 aromatic carbocycles. The van der Waals surface area contributed by atoms with E-state index in [2.05, 4.69) is 25.8 Å². The molecule has 1 fully saturated rings. The summed E-state index contributed by atoms with van der Waals surface area (Å²) in [6.07, 6.45) is 1.50. The first kappa shape index (κ1) is 25.8. The normalized spacial score (nSPS) is 12.9. The Bertz CT molecular complexity index is 865. The van der Waals surface area contributed by atoms with Gasteiger partial charge in [-0.15, -0.1) is 5.06 Å². The van der Waals surface area contributed by atoms with Gasteiger partial charge in [-0.25, -0.2) is 9.78 Å². The maximum Gasteiger partial charge on any atom is 0.334 e. The quantitative estimate of drug-likeness (QED) is 0.245. The SMILES string of the molecule is O=C(CCNC(=O)CSc1ccccn1)NCCC(=O)NCCC(=O)ON1C(=O)CCC1=O. The van der Waals surface area contributed by atoms with E-state index in [1.54, 1.807) is 18.3 Å². The highest BCUT2D eigenvalue weighted by molar-refractivity contribution is 7.99. The Hall–Kier alpha value is -3.48. The fourth-order valence-corrected chi connectivity index (χ4v) is 3.23. The van der Waals surface area contributed by atoms with Crippen LogP contribution in [0.5, 0.6) is 0 Å². The summed E-state index contributed by atoms with van der Waals surface area (Å²) in [5, 5.41) is 8.85. The second-order valence-electron chi connectivity index (χ2n) is 6.80. The molecular weight excluding hydrogens is 454 g/mol. The van der Waals surface area contributed by atoms with E-state index >= 15 is 0 Å². The molecule has 0 spiro atoms. The van der Waals surface area contributed by atoms with Crippen molar-refractivity contribution in [1.82, 2.24) is 26.0 Å². The fourth-order valence-electron chi connectivity index (χ4n) is 2.54. The van der Waals surface area contributed by atoms with Crippen molar-refractivity contribution in [2.45, 2.75) is 37.1 Å². The van der Waals surface area contributed by atoms with E-state index in [0.717, 1.165) is 5.03 Å². The topological polar surface area (TPSA) is 164 Å². The summed E-state index contributed by atoms with van der Waals surface area (Å²) >= 11 is 1.29. The average molecular weight is 480 g/mol. The van der Waals surface area contributed by atoms with E-state index in [1.807, 2.05) is 6.07 Å². The number of aromatic nitrogens is 1. The molecule has 0 saturated carbocycles. The lowest BCUT2D eigenvalue weighted by molar-refractivity contribution is -0.197. The van der Waals surface area contributed by atoms with E-state index < -0.39 is 23.7 Å². The van der Waals surface area contributed by atoms with E-state index in [4.69, 9.17) is 0 Å². The third-order valence-electron chi connectivity index (χ3n) is 4.19. The van der Waals surface area contributed by atoms with Gasteiger partial charge < -0.3 is 20.8 Å². The number of hydrogen-bond acceptors (Lipinski definition) is 9. The molecule has 13 heteroatoms. The maximum atomic E-state index is 11.8. The molecule has 2 rings (SSSR count). The van der Waals surface area contributed by atoms with E-state index in [0.29, 0.717) is 5.06 Å². The first-order chi connectivity index (χ1) is 15.8. The van der Waals surface area contributed by atoms with Crippen LogP contribution >= 0.6 is 11.8 Å². The van der Waals surface area contributed by atoms with E-state index in [9.17, 15) is 28.8 Å². The van der Waals surface area contributed by atoms with Gasteiger partial charge in [-0.05, 0) is 12.1 Å². The van der Waals surface area contributed by atoms with Gasteiger partial charge in [-0.3, -0.25) is 24.0 Å². The second kappa shape index (κ2) is 13.8. The van der Waals surface area contributed by atoms with Crippen molar-refractivity contribution >= 4 is 47.3 Å². The summed E-state index contributed by atoms with van der Waals surface area (Å²) in [5.41, 5.74) is 0. The fraction of sp³-hybridized carbons (Fsp3) is 0.450. The summed E-state index contributed by atoms with van der Waals surface area (Å²) < 4.78 is 0. The summed E-state index contributed by atoms with van der Waals surface area (Å²) in [4.78, 5) is 78.4. The molecule has 5 amide bonds. The van der Waals surface area contributed by atoms with Crippen LogP contribution in [-0.4, -0.2) is 70.9 Å². The molecule has 1 aromatic heterocycles. The number of pyridine rings is 1. The molecule has 1 aliphatic rings. The van der Waals surface area contributed by atoms with Crippen LogP contribution in [0.4, 0.5) is 0 Å². The zero-order valence-electron chi connectivity index (χ0n) is 17.8. The Morgan fingerprint density at radius 2 is 1.45 bits per heavy atom. The third kappa shape index (κ3) is 10.1.